The third-order valence-electron chi connectivity index (χ3n) is 14.5. The number of hydrogen-bond donors (Lipinski definition) is 4. The predicted molar refractivity (Wildman–Crippen MR) is 230 cm³/mol. The number of carbonyl (C=O) groups is 6. The minimum atomic E-state index is -1.24. The van der Waals surface area contributed by atoms with Crippen molar-refractivity contribution < 1.29 is 33.2 Å². The first kappa shape index (κ1) is 41.9. The summed E-state index contributed by atoms with van der Waals surface area (Å²) >= 11 is 6.41. The van der Waals surface area contributed by atoms with E-state index in [0.29, 0.717) is 86.0 Å². The van der Waals surface area contributed by atoms with Crippen molar-refractivity contribution in [2.24, 2.45) is 5.92 Å². The zero-order valence-corrected chi connectivity index (χ0v) is 35.4. The molecular weight excluding hydrogens is 809 g/mol. The molecule has 4 fully saturated rings. The van der Waals surface area contributed by atoms with Gasteiger partial charge < -0.3 is 15.5 Å². The summed E-state index contributed by atoms with van der Waals surface area (Å²) in [6.07, 6.45) is 9.72. The molecule has 0 aromatic heterocycles. The summed E-state index contributed by atoms with van der Waals surface area (Å²) in [5.41, 5.74) is 1.72. The quantitative estimate of drug-likeness (QED) is 0.106. The van der Waals surface area contributed by atoms with E-state index >= 15 is 4.39 Å². The standard InChI is InChI=1S/C49H51ClFN5O6/c50-31-19-22-36-38(27-31)53-47(62)49(36)42(34-13-6-7-15-37(34)51)43(55-48(49)25-8-3-9-26-48)45(60)52-32-20-17-30(18-21-32)40(57)16-5-2-1-4-11-29-12-10-14-33-35(29)28-56(46(33)61)39-23-24-41(58)54-44(39)59/h6-7,10,12-15,19,22,27,30,32,39,42-43,55H,1-3,5,8-9,16-18,20-21,23-26,28H2,(H,52,60)(H,53,62)(H,54,58,59)/t30?,32?,39?,42-,43+,49+/m0/s1. The van der Waals surface area contributed by atoms with Gasteiger partial charge in [0.15, 0.2) is 0 Å². The molecule has 0 radical (unpaired) electrons. The number of unbranched alkanes of at least 4 members (excludes halogenated alkanes) is 2. The molecule has 322 valence electrons. The molecule has 2 saturated carbocycles. The lowest BCUT2D eigenvalue weighted by atomic mass is 9.55. The monoisotopic (exact) mass is 859 g/mol. The van der Waals surface area contributed by atoms with Gasteiger partial charge in [-0.1, -0.05) is 73.0 Å². The highest BCUT2D eigenvalue weighted by Crippen LogP contribution is 2.62. The molecule has 4 aliphatic heterocycles. The average Bonchev–Trinajstić information content (AvgIpc) is 3.86. The number of ketones is 1. The topological polar surface area (TPSA) is 154 Å². The number of piperidine rings is 1. The summed E-state index contributed by atoms with van der Waals surface area (Å²) in [6, 6.07) is 15.5. The fourth-order valence-electron chi connectivity index (χ4n) is 11.6. The number of fused-ring (bicyclic) bond motifs is 4. The molecule has 3 aromatic rings. The van der Waals surface area contributed by atoms with Crippen LogP contribution >= 0.6 is 11.6 Å². The molecule has 2 spiro atoms. The normalized spacial score (nSPS) is 27.3. The SMILES string of the molecule is O=C1CCC(N2Cc3c(C#CCCCCC(=O)C4CCC(NC(=O)[C@@H]5NC6(CCCCC6)[C@@]6(C(=O)Nc7cc(Cl)ccc76)[C@H]5c5ccccc5F)CC4)cccc3C2=O)C(=O)N1. The van der Waals surface area contributed by atoms with Crippen LogP contribution in [0.5, 0.6) is 0 Å². The molecule has 62 heavy (non-hydrogen) atoms. The smallest absolute Gasteiger partial charge is 0.255 e. The number of rotatable bonds is 9. The molecular formula is C49H51ClFN5O6. The minimum Gasteiger partial charge on any atom is -0.352 e. The van der Waals surface area contributed by atoms with Crippen molar-refractivity contribution in [2.45, 2.75) is 138 Å². The van der Waals surface area contributed by atoms with E-state index in [1.54, 1.807) is 42.5 Å². The molecule has 11 nitrogen and oxygen atoms in total. The van der Waals surface area contributed by atoms with Gasteiger partial charge in [-0.15, -0.1) is 0 Å². The molecule has 5 amide bonds. The second-order valence-electron chi connectivity index (χ2n) is 18.0. The van der Waals surface area contributed by atoms with E-state index in [1.807, 2.05) is 12.1 Å². The van der Waals surface area contributed by atoms with Crippen molar-refractivity contribution in [3.05, 3.63) is 99.3 Å². The van der Waals surface area contributed by atoms with Crippen LogP contribution in [0.1, 0.15) is 135 Å². The Balaban J connectivity index is 0.806. The summed E-state index contributed by atoms with van der Waals surface area (Å²) in [5.74, 6) is 3.77. The highest BCUT2D eigenvalue weighted by Gasteiger charge is 2.72. The second-order valence-corrected chi connectivity index (χ2v) is 18.4. The fraction of sp³-hybridized carbons (Fsp3) is 0.469. The van der Waals surface area contributed by atoms with Crippen molar-refractivity contribution in [3.8, 4) is 11.8 Å². The molecule has 6 aliphatic rings. The summed E-state index contributed by atoms with van der Waals surface area (Å²) in [7, 11) is 0. The van der Waals surface area contributed by atoms with Gasteiger partial charge in [0.25, 0.3) is 5.91 Å². The highest BCUT2D eigenvalue weighted by molar-refractivity contribution is 6.31. The summed E-state index contributed by atoms with van der Waals surface area (Å²) < 4.78 is 16.0. The number of carbonyl (C=O) groups excluding carboxylic acids is 6. The number of hydrogen-bond acceptors (Lipinski definition) is 7. The number of benzene rings is 3. The molecule has 2 saturated heterocycles. The van der Waals surface area contributed by atoms with Gasteiger partial charge in [0.05, 0.1) is 6.04 Å². The summed E-state index contributed by atoms with van der Waals surface area (Å²) in [5, 5.41) is 12.9. The lowest BCUT2D eigenvalue weighted by Gasteiger charge is -2.47. The van der Waals surface area contributed by atoms with Crippen LogP contribution in [-0.2, 0) is 35.9 Å². The van der Waals surface area contributed by atoms with E-state index < -0.39 is 40.7 Å². The lowest BCUT2D eigenvalue weighted by molar-refractivity contribution is -0.137. The van der Waals surface area contributed by atoms with Crippen molar-refractivity contribution >= 4 is 52.6 Å². The Morgan fingerprint density at radius 2 is 1.69 bits per heavy atom. The van der Waals surface area contributed by atoms with E-state index in [4.69, 9.17) is 11.6 Å². The Hall–Kier alpha value is -5.38. The zero-order chi connectivity index (χ0) is 43.2. The first-order chi connectivity index (χ1) is 30.0. The van der Waals surface area contributed by atoms with Gasteiger partial charge >= 0.3 is 0 Å². The number of halogens is 2. The van der Waals surface area contributed by atoms with Crippen LogP contribution in [0.3, 0.4) is 0 Å². The Bertz CT molecular complexity index is 2410. The van der Waals surface area contributed by atoms with Gasteiger partial charge in [0.2, 0.25) is 23.6 Å². The van der Waals surface area contributed by atoms with Crippen LogP contribution in [0.2, 0.25) is 5.02 Å². The summed E-state index contributed by atoms with van der Waals surface area (Å²) in [4.78, 5) is 81.3. The van der Waals surface area contributed by atoms with E-state index in [0.717, 1.165) is 42.4 Å². The fourth-order valence-corrected chi connectivity index (χ4v) is 11.8. The molecule has 9 rings (SSSR count). The third kappa shape index (κ3) is 7.30. The molecule has 13 heteroatoms. The molecule has 4 N–H and O–H groups in total. The van der Waals surface area contributed by atoms with Crippen LogP contribution in [0.4, 0.5) is 10.1 Å². The largest absolute Gasteiger partial charge is 0.352 e. The minimum absolute atomic E-state index is 0.0824. The van der Waals surface area contributed by atoms with E-state index in [9.17, 15) is 28.8 Å². The first-order valence-electron chi connectivity index (χ1n) is 22.2. The highest BCUT2D eigenvalue weighted by atomic mass is 35.5. The first-order valence-corrected chi connectivity index (χ1v) is 22.6. The van der Waals surface area contributed by atoms with Gasteiger partial charge in [0.1, 0.15) is 23.1 Å². The number of amides is 5. The van der Waals surface area contributed by atoms with Crippen LogP contribution in [0, 0.1) is 23.6 Å². The average molecular weight is 860 g/mol. The Morgan fingerprint density at radius 3 is 2.47 bits per heavy atom. The van der Waals surface area contributed by atoms with Crippen molar-refractivity contribution in [2.75, 3.05) is 5.32 Å². The zero-order valence-electron chi connectivity index (χ0n) is 34.6. The van der Waals surface area contributed by atoms with Crippen LogP contribution in [0.25, 0.3) is 0 Å². The number of nitrogens with one attached hydrogen (secondary N) is 4. The van der Waals surface area contributed by atoms with Gasteiger partial charge in [0, 0.05) is 71.1 Å². The van der Waals surface area contributed by atoms with Crippen molar-refractivity contribution in [1.82, 2.24) is 20.9 Å². The van der Waals surface area contributed by atoms with E-state index in [2.05, 4.69) is 33.1 Å². The molecule has 1 unspecified atom stereocenters. The van der Waals surface area contributed by atoms with Gasteiger partial charge in [-0.05, 0) is 105 Å². The van der Waals surface area contributed by atoms with Crippen LogP contribution < -0.4 is 21.3 Å². The molecule has 4 atom stereocenters. The van der Waals surface area contributed by atoms with Gasteiger partial charge in [-0.2, -0.15) is 0 Å². The van der Waals surface area contributed by atoms with Gasteiger partial charge in [-0.3, -0.25) is 39.4 Å². The Morgan fingerprint density at radius 1 is 0.903 bits per heavy atom. The Kier molecular flexibility index (Phi) is 11.5. The second kappa shape index (κ2) is 17.1. The van der Waals surface area contributed by atoms with E-state index in [1.165, 1.54) is 11.0 Å². The predicted octanol–water partition coefficient (Wildman–Crippen LogP) is 6.74. The lowest BCUT2D eigenvalue weighted by Crippen LogP contribution is -2.60. The third-order valence-corrected chi connectivity index (χ3v) is 14.8. The number of Topliss-reactive ketones (excluding diaryl/α,β-unsaturated/α-hetero) is 1. The maximum absolute atomic E-state index is 16.0. The van der Waals surface area contributed by atoms with Crippen molar-refractivity contribution in [1.29, 1.82) is 0 Å². The Labute approximate surface area is 365 Å². The number of nitrogens with zero attached hydrogens (tertiary/aromatic N) is 1. The van der Waals surface area contributed by atoms with Crippen molar-refractivity contribution in [3.63, 3.8) is 0 Å². The van der Waals surface area contributed by atoms with Crippen LogP contribution in [0.15, 0.2) is 60.7 Å². The summed E-state index contributed by atoms with van der Waals surface area (Å²) in [6.45, 7) is 0.266. The maximum Gasteiger partial charge on any atom is 0.255 e. The van der Waals surface area contributed by atoms with Gasteiger partial charge in [-0.25, -0.2) is 4.39 Å². The van der Waals surface area contributed by atoms with Crippen LogP contribution in [-0.4, -0.2) is 63.9 Å². The molecule has 3 aromatic carbocycles. The van der Waals surface area contributed by atoms with E-state index in [-0.39, 0.29) is 54.3 Å². The maximum atomic E-state index is 16.0. The number of imide groups is 1. The molecule has 4 heterocycles. The number of anilines is 1. The molecule has 2 aliphatic carbocycles. The molecule has 0 bridgehead atoms.